The number of unbranched alkanes of at least 4 members (excludes halogenated alkanes) is 1. The first-order valence-electron chi connectivity index (χ1n) is 8.88. The molecule has 0 aliphatic rings. The number of carbonyl (C=O) groups excluding carboxylic acids is 1. The summed E-state index contributed by atoms with van der Waals surface area (Å²) in [4.78, 5) is 12.3. The zero-order valence-corrected chi connectivity index (χ0v) is 17.4. The summed E-state index contributed by atoms with van der Waals surface area (Å²) in [6.07, 6.45) is 3.48. The summed E-state index contributed by atoms with van der Waals surface area (Å²) in [6, 6.07) is 14.4. The van der Waals surface area contributed by atoms with Gasteiger partial charge >= 0.3 is 0 Å². The fraction of sp³-hybridized carbons (Fsp3) is 0.286. The van der Waals surface area contributed by atoms with Crippen molar-refractivity contribution in [1.29, 1.82) is 5.26 Å². The van der Waals surface area contributed by atoms with Crippen LogP contribution in [0.1, 0.15) is 36.8 Å². The highest BCUT2D eigenvalue weighted by atomic mass is 79.9. The molecule has 7 heteroatoms. The van der Waals surface area contributed by atoms with Crippen LogP contribution >= 0.6 is 15.9 Å². The molecule has 1 amide bonds. The van der Waals surface area contributed by atoms with Crippen molar-refractivity contribution in [3.05, 3.63) is 58.1 Å². The van der Waals surface area contributed by atoms with Gasteiger partial charge in [0.2, 0.25) is 0 Å². The molecule has 0 radical (unpaired) electrons. The van der Waals surface area contributed by atoms with E-state index in [1.54, 1.807) is 43.5 Å². The topological polar surface area (TPSA) is 83.7 Å². The second-order valence-electron chi connectivity index (χ2n) is 5.93. The molecule has 0 spiro atoms. The Labute approximate surface area is 173 Å². The minimum absolute atomic E-state index is 0.493. The first-order chi connectivity index (χ1) is 13.6. The molecule has 0 saturated carbocycles. The smallest absolute Gasteiger partial charge is 0.261 e. The van der Waals surface area contributed by atoms with Gasteiger partial charge < -0.3 is 9.47 Å². The van der Waals surface area contributed by atoms with Gasteiger partial charge in [0.25, 0.3) is 5.91 Å². The lowest BCUT2D eigenvalue weighted by molar-refractivity contribution is -0.121. The van der Waals surface area contributed by atoms with E-state index in [-0.39, 0.29) is 0 Å². The highest BCUT2D eigenvalue weighted by molar-refractivity contribution is 9.10. The van der Waals surface area contributed by atoms with Crippen molar-refractivity contribution >= 4 is 28.1 Å². The van der Waals surface area contributed by atoms with E-state index in [2.05, 4.69) is 33.4 Å². The van der Waals surface area contributed by atoms with E-state index < -0.39 is 11.8 Å². The van der Waals surface area contributed by atoms with E-state index in [1.807, 2.05) is 12.1 Å². The van der Waals surface area contributed by atoms with E-state index in [1.165, 1.54) is 6.21 Å². The molecule has 6 nitrogen and oxygen atoms in total. The van der Waals surface area contributed by atoms with Gasteiger partial charge in [-0.15, -0.1) is 0 Å². The molecule has 0 aliphatic carbocycles. The quantitative estimate of drug-likeness (QED) is 0.353. The van der Waals surface area contributed by atoms with Crippen LogP contribution in [-0.2, 0) is 4.79 Å². The summed E-state index contributed by atoms with van der Waals surface area (Å²) in [6.45, 7) is 2.71. The minimum Gasteiger partial charge on any atom is -0.493 e. The summed E-state index contributed by atoms with van der Waals surface area (Å²) in [5.41, 5.74) is 3.74. The van der Waals surface area contributed by atoms with Gasteiger partial charge in [0.05, 0.1) is 26.0 Å². The van der Waals surface area contributed by atoms with E-state index in [9.17, 15) is 10.1 Å². The number of ether oxygens (including phenoxy) is 2. The molecular weight excluding hydrogens is 422 g/mol. The van der Waals surface area contributed by atoms with Crippen molar-refractivity contribution in [3.63, 3.8) is 0 Å². The van der Waals surface area contributed by atoms with Crippen LogP contribution in [0.15, 0.2) is 52.0 Å². The molecule has 2 aromatic carbocycles. The van der Waals surface area contributed by atoms with Crippen LogP contribution in [0.25, 0.3) is 0 Å². The number of rotatable bonds is 9. The predicted molar refractivity (Wildman–Crippen MR) is 112 cm³/mol. The average molecular weight is 444 g/mol. The number of halogens is 1. The molecule has 0 heterocycles. The van der Waals surface area contributed by atoms with Gasteiger partial charge in [-0.3, -0.25) is 4.79 Å². The molecular formula is C21H22BrN3O3. The van der Waals surface area contributed by atoms with Gasteiger partial charge in [-0.25, -0.2) is 5.43 Å². The number of nitriles is 1. The molecule has 1 N–H and O–H groups in total. The number of benzene rings is 2. The largest absolute Gasteiger partial charge is 0.493 e. The van der Waals surface area contributed by atoms with Crippen LogP contribution < -0.4 is 14.9 Å². The standard InChI is InChI=1S/C21H22BrN3O3/c1-3-4-10-28-20-12-18(22)16(11-19(20)27-2)14-24-25-21(26)17(13-23)15-8-6-5-7-9-15/h5-9,11-12,14,17H,3-4,10H2,1-2H3,(H,25,26)/b24-14-/t17-/m1/s1. The Morgan fingerprint density at radius 3 is 2.71 bits per heavy atom. The lowest BCUT2D eigenvalue weighted by Crippen LogP contribution is -2.24. The van der Waals surface area contributed by atoms with E-state index >= 15 is 0 Å². The molecule has 0 aliphatic heterocycles. The second-order valence-corrected chi connectivity index (χ2v) is 6.79. The molecule has 28 heavy (non-hydrogen) atoms. The molecule has 2 rings (SSSR count). The Morgan fingerprint density at radius 2 is 2.07 bits per heavy atom. The summed E-state index contributed by atoms with van der Waals surface area (Å²) < 4.78 is 11.9. The Hall–Kier alpha value is -2.85. The third-order valence-electron chi connectivity index (χ3n) is 3.94. The Morgan fingerprint density at radius 1 is 1.32 bits per heavy atom. The maximum Gasteiger partial charge on any atom is 0.261 e. The van der Waals surface area contributed by atoms with Crippen molar-refractivity contribution in [2.24, 2.45) is 5.10 Å². The van der Waals surface area contributed by atoms with E-state index in [0.29, 0.717) is 29.2 Å². The number of nitrogens with one attached hydrogen (secondary N) is 1. The first-order valence-corrected chi connectivity index (χ1v) is 9.67. The molecule has 0 fully saturated rings. The number of hydrogen-bond donors (Lipinski definition) is 1. The molecule has 0 saturated heterocycles. The molecule has 1 atom stereocenters. The summed E-state index contributed by atoms with van der Waals surface area (Å²) >= 11 is 3.47. The second kappa shape index (κ2) is 11.1. The molecule has 0 bridgehead atoms. The Balaban J connectivity index is 2.09. The van der Waals surface area contributed by atoms with Crippen molar-refractivity contribution in [2.45, 2.75) is 25.7 Å². The maximum atomic E-state index is 12.3. The normalized spacial score (nSPS) is 11.6. The fourth-order valence-corrected chi connectivity index (χ4v) is 2.83. The third kappa shape index (κ3) is 5.83. The van der Waals surface area contributed by atoms with Crippen molar-refractivity contribution in [2.75, 3.05) is 13.7 Å². The predicted octanol–water partition coefficient (Wildman–Crippen LogP) is 4.39. The van der Waals surface area contributed by atoms with Crippen LogP contribution in [0.4, 0.5) is 0 Å². The molecule has 0 unspecified atom stereocenters. The van der Waals surface area contributed by atoms with Crippen LogP contribution in [0, 0.1) is 11.3 Å². The monoisotopic (exact) mass is 443 g/mol. The number of hydrogen-bond acceptors (Lipinski definition) is 5. The Bertz CT molecular complexity index is 863. The van der Waals surface area contributed by atoms with Gasteiger partial charge in [-0.05, 0) is 40.0 Å². The van der Waals surface area contributed by atoms with Crippen molar-refractivity contribution < 1.29 is 14.3 Å². The highest BCUT2D eigenvalue weighted by Gasteiger charge is 2.19. The van der Waals surface area contributed by atoms with Gasteiger partial charge in [0.15, 0.2) is 17.4 Å². The molecule has 2 aromatic rings. The zero-order valence-electron chi connectivity index (χ0n) is 15.8. The van der Waals surface area contributed by atoms with Gasteiger partial charge in [-0.2, -0.15) is 10.4 Å². The highest BCUT2D eigenvalue weighted by Crippen LogP contribution is 2.33. The summed E-state index contributed by atoms with van der Waals surface area (Å²) in [7, 11) is 1.57. The molecule has 146 valence electrons. The maximum absolute atomic E-state index is 12.3. The molecule has 0 aromatic heterocycles. The third-order valence-corrected chi connectivity index (χ3v) is 4.63. The van der Waals surface area contributed by atoms with Gasteiger partial charge in [0.1, 0.15) is 0 Å². The SMILES string of the molecule is CCCCOc1cc(Br)c(/C=N\NC(=O)[C@H](C#N)c2ccccc2)cc1OC. The number of hydrazone groups is 1. The summed E-state index contributed by atoms with van der Waals surface area (Å²) in [5, 5.41) is 13.3. The first kappa shape index (κ1) is 21.5. The van der Waals surface area contributed by atoms with Gasteiger partial charge in [0, 0.05) is 10.0 Å². The number of nitrogens with zero attached hydrogens (tertiary/aromatic N) is 2. The van der Waals surface area contributed by atoms with Crippen LogP contribution in [0.2, 0.25) is 0 Å². The lowest BCUT2D eigenvalue weighted by Gasteiger charge is -2.12. The number of carbonyl (C=O) groups is 1. The average Bonchev–Trinajstić information content (AvgIpc) is 2.71. The number of amides is 1. The van der Waals surface area contributed by atoms with E-state index in [4.69, 9.17) is 9.47 Å². The van der Waals surface area contributed by atoms with Crippen LogP contribution in [-0.4, -0.2) is 25.8 Å². The van der Waals surface area contributed by atoms with Crippen LogP contribution in [0.5, 0.6) is 11.5 Å². The Kier molecular flexibility index (Phi) is 8.50. The van der Waals surface area contributed by atoms with Crippen molar-refractivity contribution in [1.82, 2.24) is 5.43 Å². The van der Waals surface area contributed by atoms with E-state index in [0.717, 1.165) is 17.3 Å². The van der Waals surface area contributed by atoms with Gasteiger partial charge in [-0.1, -0.05) is 43.7 Å². The fourth-order valence-electron chi connectivity index (χ4n) is 2.41. The number of methoxy groups -OCH3 is 1. The minimum atomic E-state index is -0.925. The van der Waals surface area contributed by atoms with Crippen LogP contribution in [0.3, 0.4) is 0 Å². The lowest BCUT2D eigenvalue weighted by atomic mass is 10.0. The zero-order chi connectivity index (χ0) is 20.4. The summed E-state index contributed by atoms with van der Waals surface area (Å²) in [5.74, 6) is -0.206. The van der Waals surface area contributed by atoms with Crippen molar-refractivity contribution in [3.8, 4) is 17.6 Å².